The van der Waals surface area contributed by atoms with Gasteiger partial charge >= 0.3 is 0 Å². The van der Waals surface area contributed by atoms with Gasteiger partial charge < -0.3 is 0 Å². The Labute approximate surface area is 71.7 Å². The minimum Gasteiger partial charge on any atom is -0.103 e. The van der Waals surface area contributed by atoms with Gasteiger partial charge in [-0.25, -0.2) is 0 Å². The van der Waals surface area contributed by atoms with Crippen LogP contribution in [0.4, 0.5) is 0 Å². The van der Waals surface area contributed by atoms with E-state index in [-0.39, 0.29) is 0 Å². The maximum Gasteiger partial charge on any atom is -0.0126 e. The maximum atomic E-state index is 3.91. The lowest BCUT2D eigenvalue weighted by Crippen LogP contribution is -2.21. The fourth-order valence-electron chi connectivity index (χ4n) is 1.46. The van der Waals surface area contributed by atoms with Crippen molar-refractivity contribution < 1.29 is 0 Å². The molecule has 0 heteroatoms. The van der Waals surface area contributed by atoms with Crippen molar-refractivity contribution in [2.75, 3.05) is 0 Å². The van der Waals surface area contributed by atoms with Crippen LogP contribution in [0.15, 0.2) is 12.7 Å². The Bertz CT molecular complexity index is 115. The third-order valence-corrected chi connectivity index (χ3v) is 3.08. The van der Waals surface area contributed by atoms with Gasteiger partial charge in [0.05, 0.1) is 0 Å². The SMILES string of the molecule is C=CC(C)(CC)C(C)CCC. The van der Waals surface area contributed by atoms with E-state index in [0.717, 1.165) is 5.92 Å². The molecular weight excluding hydrogens is 132 g/mol. The minimum absolute atomic E-state index is 0.357. The van der Waals surface area contributed by atoms with Crippen LogP contribution in [-0.2, 0) is 0 Å². The minimum atomic E-state index is 0.357. The lowest BCUT2D eigenvalue weighted by atomic mass is 9.74. The molecule has 0 aliphatic rings. The van der Waals surface area contributed by atoms with Crippen LogP contribution in [-0.4, -0.2) is 0 Å². The zero-order chi connectivity index (χ0) is 8.91. The Balaban J connectivity index is 4.11. The molecule has 0 spiro atoms. The van der Waals surface area contributed by atoms with Crippen LogP contribution < -0.4 is 0 Å². The molecule has 66 valence electrons. The van der Waals surface area contributed by atoms with Gasteiger partial charge in [-0.1, -0.05) is 46.6 Å². The van der Waals surface area contributed by atoms with Gasteiger partial charge in [-0.3, -0.25) is 0 Å². The van der Waals surface area contributed by atoms with Gasteiger partial charge in [0.25, 0.3) is 0 Å². The van der Waals surface area contributed by atoms with E-state index in [1.54, 1.807) is 0 Å². The Hall–Kier alpha value is -0.260. The number of hydrogen-bond acceptors (Lipinski definition) is 0. The first-order valence-electron chi connectivity index (χ1n) is 4.74. The van der Waals surface area contributed by atoms with Crippen LogP contribution in [0.5, 0.6) is 0 Å². The van der Waals surface area contributed by atoms with Crippen LogP contribution in [0.2, 0.25) is 0 Å². The Kier molecular flexibility index (Phi) is 4.48. The van der Waals surface area contributed by atoms with Crippen LogP contribution in [0.1, 0.15) is 47.0 Å². The number of allylic oxidation sites excluding steroid dienone is 1. The van der Waals surface area contributed by atoms with Gasteiger partial charge in [-0.2, -0.15) is 0 Å². The molecule has 0 N–H and O–H groups in total. The highest BCUT2D eigenvalue weighted by Gasteiger charge is 2.24. The molecule has 0 radical (unpaired) electrons. The second-order valence-electron chi connectivity index (χ2n) is 3.75. The van der Waals surface area contributed by atoms with E-state index >= 15 is 0 Å². The highest BCUT2D eigenvalue weighted by molar-refractivity contribution is 4.93. The van der Waals surface area contributed by atoms with E-state index in [1.807, 2.05) is 0 Å². The average molecular weight is 154 g/mol. The third kappa shape index (κ3) is 2.69. The first kappa shape index (κ1) is 10.7. The summed E-state index contributed by atoms with van der Waals surface area (Å²) in [7, 11) is 0. The van der Waals surface area contributed by atoms with Crippen LogP contribution in [0.3, 0.4) is 0 Å². The molecule has 0 fully saturated rings. The largest absolute Gasteiger partial charge is 0.103 e. The zero-order valence-electron chi connectivity index (χ0n) is 8.48. The van der Waals surface area contributed by atoms with Crippen molar-refractivity contribution >= 4 is 0 Å². The molecule has 0 saturated carbocycles. The van der Waals surface area contributed by atoms with Crippen molar-refractivity contribution in [3.05, 3.63) is 12.7 Å². The predicted octanol–water partition coefficient (Wildman–Crippen LogP) is 4.02. The van der Waals surface area contributed by atoms with E-state index in [4.69, 9.17) is 0 Å². The van der Waals surface area contributed by atoms with E-state index in [1.165, 1.54) is 19.3 Å². The molecule has 0 aliphatic carbocycles. The first-order valence-corrected chi connectivity index (χ1v) is 4.74. The normalized spacial score (nSPS) is 18.9. The summed E-state index contributed by atoms with van der Waals surface area (Å²) < 4.78 is 0. The summed E-state index contributed by atoms with van der Waals surface area (Å²) in [6, 6.07) is 0. The van der Waals surface area contributed by atoms with E-state index in [9.17, 15) is 0 Å². The quantitative estimate of drug-likeness (QED) is 0.524. The van der Waals surface area contributed by atoms with Crippen molar-refractivity contribution in [1.82, 2.24) is 0 Å². The number of hydrogen-bond donors (Lipinski definition) is 0. The van der Waals surface area contributed by atoms with Crippen molar-refractivity contribution in [2.24, 2.45) is 11.3 Å². The highest BCUT2D eigenvalue weighted by Crippen LogP contribution is 2.34. The smallest absolute Gasteiger partial charge is 0.0126 e. The predicted molar refractivity (Wildman–Crippen MR) is 52.7 cm³/mol. The van der Waals surface area contributed by atoms with Gasteiger partial charge in [-0.15, -0.1) is 6.58 Å². The summed E-state index contributed by atoms with van der Waals surface area (Å²) in [6.07, 6.45) is 5.92. The summed E-state index contributed by atoms with van der Waals surface area (Å²) in [5, 5.41) is 0. The molecule has 2 atom stereocenters. The van der Waals surface area contributed by atoms with Gasteiger partial charge in [0.15, 0.2) is 0 Å². The van der Waals surface area contributed by atoms with Gasteiger partial charge in [0.2, 0.25) is 0 Å². The molecule has 0 aromatic heterocycles. The summed E-state index contributed by atoms with van der Waals surface area (Å²) in [5.74, 6) is 0.773. The Morgan fingerprint density at radius 3 is 2.27 bits per heavy atom. The molecule has 2 unspecified atom stereocenters. The van der Waals surface area contributed by atoms with Crippen LogP contribution in [0, 0.1) is 11.3 Å². The van der Waals surface area contributed by atoms with E-state index in [2.05, 4.69) is 40.3 Å². The van der Waals surface area contributed by atoms with Crippen molar-refractivity contribution in [1.29, 1.82) is 0 Å². The molecule has 11 heavy (non-hydrogen) atoms. The lowest BCUT2D eigenvalue weighted by molar-refractivity contribution is 0.250. The van der Waals surface area contributed by atoms with Crippen LogP contribution >= 0.6 is 0 Å². The van der Waals surface area contributed by atoms with Gasteiger partial charge in [0, 0.05) is 0 Å². The fourth-order valence-corrected chi connectivity index (χ4v) is 1.46. The Morgan fingerprint density at radius 2 is 2.00 bits per heavy atom. The lowest BCUT2D eigenvalue weighted by Gasteiger charge is -2.31. The monoisotopic (exact) mass is 154 g/mol. The molecule has 0 nitrogen and oxygen atoms in total. The van der Waals surface area contributed by atoms with Crippen molar-refractivity contribution in [2.45, 2.75) is 47.0 Å². The topological polar surface area (TPSA) is 0 Å². The van der Waals surface area contributed by atoms with E-state index < -0.39 is 0 Å². The summed E-state index contributed by atoms with van der Waals surface area (Å²) in [4.78, 5) is 0. The Morgan fingerprint density at radius 1 is 1.45 bits per heavy atom. The summed E-state index contributed by atoms with van der Waals surface area (Å²) in [6.45, 7) is 13.0. The molecule has 0 rings (SSSR count). The zero-order valence-corrected chi connectivity index (χ0v) is 8.48. The van der Waals surface area contributed by atoms with E-state index in [0.29, 0.717) is 5.41 Å². The average Bonchev–Trinajstić information content (AvgIpc) is 2.03. The summed E-state index contributed by atoms with van der Waals surface area (Å²) in [5.41, 5.74) is 0.357. The fraction of sp³-hybridized carbons (Fsp3) is 0.818. The molecule has 0 aromatic carbocycles. The van der Waals surface area contributed by atoms with Crippen molar-refractivity contribution in [3.8, 4) is 0 Å². The molecular formula is C11H22. The first-order chi connectivity index (χ1) is 5.10. The number of rotatable bonds is 5. The van der Waals surface area contributed by atoms with Crippen molar-refractivity contribution in [3.63, 3.8) is 0 Å². The molecule has 0 saturated heterocycles. The summed E-state index contributed by atoms with van der Waals surface area (Å²) >= 11 is 0. The molecule has 0 bridgehead atoms. The van der Waals surface area contributed by atoms with Gasteiger partial charge in [0.1, 0.15) is 0 Å². The molecule has 0 amide bonds. The highest BCUT2D eigenvalue weighted by atomic mass is 14.3. The molecule has 0 heterocycles. The molecule has 0 aromatic rings. The maximum absolute atomic E-state index is 3.91. The van der Waals surface area contributed by atoms with Crippen LogP contribution in [0.25, 0.3) is 0 Å². The second kappa shape index (κ2) is 4.58. The standard InChI is InChI=1S/C11H22/c1-6-9-10(4)11(5,7-2)8-3/h7,10H,2,6,8-9H2,1,3-5H3. The molecule has 0 aliphatic heterocycles. The van der Waals surface area contributed by atoms with Gasteiger partial charge in [-0.05, 0) is 17.8 Å². The second-order valence-corrected chi connectivity index (χ2v) is 3.75. The third-order valence-electron chi connectivity index (χ3n) is 3.08.